The predicted molar refractivity (Wildman–Crippen MR) is 75.1 cm³/mol. The molecule has 1 unspecified atom stereocenters. The van der Waals surface area contributed by atoms with Gasteiger partial charge in [0.15, 0.2) is 17.5 Å². The smallest absolute Gasteiger partial charge is 0.256 e. The molecular formula is C13H8F3IN2O3. The SMILES string of the molecule is O=C1CCC(N2Cc3c(F)c(F)c(F)c(I)c3C2=O)C(=O)N1. The number of rotatable bonds is 1. The zero-order valence-electron chi connectivity index (χ0n) is 10.9. The van der Waals surface area contributed by atoms with Crippen LogP contribution < -0.4 is 5.32 Å². The molecule has 0 saturated carbocycles. The van der Waals surface area contributed by atoms with Crippen molar-refractivity contribution >= 4 is 40.3 Å². The normalized spacial score (nSPS) is 21.2. The Morgan fingerprint density at radius 2 is 1.77 bits per heavy atom. The highest BCUT2D eigenvalue weighted by molar-refractivity contribution is 14.1. The van der Waals surface area contributed by atoms with Crippen LogP contribution in [0.2, 0.25) is 0 Å². The van der Waals surface area contributed by atoms with E-state index in [4.69, 9.17) is 0 Å². The standard InChI is InChI=1S/C13H8F3IN2O3/c14-8-4-3-19(5-1-2-6(20)18-12(5)21)13(22)7(4)11(17)10(16)9(8)15/h5H,1-3H2,(H,18,20,21). The van der Waals surface area contributed by atoms with E-state index in [9.17, 15) is 27.6 Å². The number of carbonyl (C=O) groups excluding carboxylic acids is 3. The molecule has 2 aliphatic rings. The van der Waals surface area contributed by atoms with Crippen molar-refractivity contribution in [3.63, 3.8) is 0 Å². The lowest BCUT2D eigenvalue weighted by molar-refractivity contribution is -0.136. The molecule has 0 aliphatic carbocycles. The lowest BCUT2D eigenvalue weighted by atomic mass is 10.0. The molecule has 0 bridgehead atoms. The number of nitrogens with one attached hydrogen (secondary N) is 1. The van der Waals surface area contributed by atoms with Crippen LogP contribution in [0.25, 0.3) is 0 Å². The second kappa shape index (κ2) is 5.21. The van der Waals surface area contributed by atoms with Crippen LogP contribution in [0.4, 0.5) is 13.2 Å². The van der Waals surface area contributed by atoms with Crippen molar-refractivity contribution < 1.29 is 27.6 Å². The molecule has 3 amide bonds. The first-order valence-electron chi connectivity index (χ1n) is 6.32. The van der Waals surface area contributed by atoms with Gasteiger partial charge in [0.25, 0.3) is 5.91 Å². The average molecular weight is 424 g/mol. The van der Waals surface area contributed by atoms with Gasteiger partial charge in [0.05, 0.1) is 15.7 Å². The summed E-state index contributed by atoms with van der Waals surface area (Å²) in [6.45, 7) is -0.334. The molecule has 1 atom stereocenters. The van der Waals surface area contributed by atoms with Crippen LogP contribution in [0, 0.1) is 21.0 Å². The summed E-state index contributed by atoms with van der Waals surface area (Å²) in [5.41, 5.74) is -0.528. The van der Waals surface area contributed by atoms with Crippen LogP contribution in [-0.2, 0) is 16.1 Å². The van der Waals surface area contributed by atoms with E-state index in [1.54, 1.807) is 0 Å². The van der Waals surface area contributed by atoms with Crippen molar-refractivity contribution in [2.24, 2.45) is 0 Å². The molecular weight excluding hydrogens is 416 g/mol. The summed E-state index contributed by atoms with van der Waals surface area (Å²) < 4.78 is 40.6. The molecule has 1 fully saturated rings. The van der Waals surface area contributed by atoms with E-state index in [0.29, 0.717) is 0 Å². The Bertz CT molecular complexity index is 738. The van der Waals surface area contributed by atoms with Crippen LogP contribution in [0.3, 0.4) is 0 Å². The Labute approximate surface area is 136 Å². The van der Waals surface area contributed by atoms with Gasteiger partial charge in [0, 0.05) is 12.0 Å². The van der Waals surface area contributed by atoms with Crippen molar-refractivity contribution in [3.05, 3.63) is 32.1 Å². The summed E-state index contributed by atoms with van der Waals surface area (Å²) in [6, 6.07) is -0.959. The predicted octanol–water partition coefficient (Wildman–Crippen LogP) is 1.47. The summed E-state index contributed by atoms with van der Waals surface area (Å²) in [4.78, 5) is 36.4. The van der Waals surface area contributed by atoms with Gasteiger partial charge < -0.3 is 4.90 Å². The third-order valence-corrected chi connectivity index (χ3v) is 4.77. The first-order valence-corrected chi connectivity index (χ1v) is 7.40. The largest absolute Gasteiger partial charge is 0.322 e. The number of hydrogen-bond acceptors (Lipinski definition) is 3. The number of fused-ring (bicyclic) bond motifs is 1. The molecule has 2 aliphatic heterocycles. The highest BCUT2D eigenvalue weighted by Crippen LogP contribution is 2.35. The summed E-state index contributed by atoms with van der Waals surface area (Å²) in [5.74, 6) is -6.35. The molecule has 5 nitrogen and oxygen atoms in total. The molecule has 0 spiro atoms. The monoisotopic (exact) mass is 424 g/mol. The van der Waals surface area contributed by atoms with E-state index >= 15 is 0 Å². The minimum Gasteiger partial charge on any atom is -0.322 e. The Morgan fingerprint density at radius 1 is 1.09 bits per heavy atom. The highest BCUT2D eigenvalue weighted by Gasteiger charge is 2.42. The zero-order chi connectivity index (χ0) is 16.2. The van der Waals surface area contributed by atoms with Gasteiger partial charge in [-0.2, -0.15) is 0 Å². The molecule has 1 aromatic rings. The van der Waals surface area contributed by atoms with Crippen LogP contribution >= 0.6 is 22.6 Å². The van der Waals surface area contributed by atoms with E-state index in [2.05, 4.69) is 5.32 Å². The molecule has 1 saturated heterocycles. The Morgan fingerprint density at radius 3 is 2.41 bits per heavy atom. The maximum atomic E-state index is 13.9. The van der Waals surface area contributed by atoms with Gasteiger partial charge >= 0.3 is 0 Å². The number of carbonyl (C=O) groups is 3. The van der Waals surface area contributed by atoms with E-state index in [-0.39, 0.29) is 34.1 Å². The maximum absolute atomic E-state index is 13.9. The van der Waals surface area contributed by atoms with Crippen molar-refractivity contribution in [3.8, 4) is 0 Å². The van der Waals surface area contributed by atoms with Crippen LogP contribution in [0.15, 0.2) is 0 Å². The molecule has 9 heteroatoms. The van der Waals surface area contributed by atoms with Crippen molar-refractivity contribution in [1.29, 1.82) is 0 Å². The molecule has 0 aromatic heterocycles. The molecule has 22 heavy (non-hydrogen) atoms. The Balaban J connectivity index is 2.02. The van der Waals surface area contributed by atoms with Crippen molar-refractivity contribution in [2.45, 2.75) is 25.4 Å². The number of halogens is 4. The van der Waals surface area contributed by atoms with Crippen molar-refractivity contribution in [2.75, 3.05) is 0 Å². The average Bonchev–Trinajstić information content (AvgIpc) is 2.81. The lowest BCUT2D eigenvalue weighted by Gasteiger charge is -2.29. The van der Waals surface area contributed by atoms with Crippen LogP contribution in [0.5, 0.6) is 0 Å². The molecule has 1 N–H and O–H groups in total. The van der Waals surface area contributed by atoms with E-state index in [0.717, 1.165) is 4.90 Å². The third kappa shape index (κ3) is 2.09. The minimum absolute atomic E-state index is 0.0405. The summed E-state index contributed by atoms with van der Waals surface area (Å²) >= 11 is 1.43. The molecule has 2 heterocycles. The van der Waals surface area contributed by atoms with Crippen LogP contribution in [0.1, 0.15) is 28.8 Å². The number of amides is 3. The molecule has 1 aromatic carbocycles. The lowest BCUT2D eigenvalue weighted by Crippen LogP contribution is -2.52. The number of nitrogens with zero attached hydrogens (tertiary/aromatic N) is 1. The number of hydrogen-bond donors (Lipinski definition) is 1. The number of piperidine rings is 1. The van der Waals surface area contributed by atoms with Gasteiger partial charge in [-0.15, -0.1) is 0 Å². The topological polar surface area (TPSA) is 66.5 Å². The molecule has 3 rings (SSSR count). The summed E-state index contributed by atoms with van der Waals surface area (Å²) in [6.07, 6.45) is 0.131. The van der Waals surface area contributed by atoms with E-state index in [1.165, 1.54) is 22.6 Å². The second-order valence-electron chi connectivity index (χ2n) is 5.01. The first kappa shape index (κ1) is 15.3. The molecule has 116 valence electrons. The van der Waals surface area contributed by atoms with Gasteiger partial charge in [-0.3, -0.25) is 19.7 Å². The van der Waals surface area contributed by atoms with Gasteiger partial charge in [-0.1, -0.05) is 0 Å². The number of imide groups is 1. The van der Waals surface area contributed by atoms with Crippen LogP contribution in [-0.4, -0.2) is 28.7 Å². The van der Waals surface area contributed by atoms with Crippen molar-refractivity contribution in [1.82, 2.24) is 10.2 Å². The Kier molecular flexibility index (Phi) is 3.62. The van der Waals surface area contributed by atoms with Gasteiger partial charge in [-0.05, 0) is 29.0 Å². The molecule has 0 radical (unpaired) electrons. The second-order valence-corrected chi connectivity index (χ2v) is 6.09. The maximum Gasteiger partial charge on any atom is 0.256 e. The number of benzene rings is 1. The highest BCUT2D eigenvalue weighted by atomic mass is 127. The van der Waals surface area contributed by atoms with E-state index in [1.807, 2.05) is 0 Å². The summed E-state index contributed by atoms with van der Waals surface area (Å²) in [7, 11) is 0. The quantitative estimate of drug-likeness (QED) is 0.322. The first-order chi connectivity index (χ1) is 10.3. The fraction of sp³-hybridized carbons (Fsp3) is 0.308. The fourth-order valence-corrected chi connectivity index (χ4v) is 3.46. The van der Waals surface area contributed by atoms with Gasteiger partial charge in [-0.25, -0.2) is 13.2 Å². The third-order valence-electron chi connectivity index (χ3n) is 3.75. The van der Waals surface area contributed by atoms with Gasteiger partial charge in [0.2, 0.25) is 11.8 Å². The fourth-order valence-electron chi connectivity index (χ4n) is 2.67. The zero-order valence-corrected chi connectivity index (χ0v) is 13.0. The minimum atomic E-state index is -1.64. The van der Waals surface area contributed by atoms with E-state index < -0.39 is 41.2 Å². The Hall–Kier alpha value is -1.65. The summed E-state index contributed by atoms with van der Waals surface area (Å²) in [5, 5.41) is 2.09. The van der Waals surface area contributed by atoms with Gasteiger partial charge in [0.1, 0.15) is 6.04 Å².